The summed E-state index contributed by atoms with van der Waals surface area (Å²) in [6.07, 6.45) is 0. The highest BCUT2D eigenvalue weighted by atomic mass is 15.1. The molecule has 0 unspecified atom stereocenters. The van der Waals surface area contributed by atoms with Crippen LogP contribution in [0.1, 0.15) is 26.3 Å². The van der Waals surface area contributed by atoms with Gasteiger partial charge in [-0.2, -0.15) is 0 Å². The van der Waals surface area contributed by atoms with Gasteiger partial charge in [-0.05, 0) is 108 Å². The molecule has 0 aliphatic rings. The van der Waals surface area contributed by atoms with E-state index in [4.69, 9.17) is 0 Å². The monoisotopic (exact) mass is 603 g/mol. The van der Waals surface area contributed by atoms with Crippen molar-refractivity contribution in [2.45, 2.75) is 26.2 Å². The Kier molecular flexibility index (Phi) is 7.11. The standard InChI is InChI=1S/C46H37N/c1-46(2,3)36-24-17-32(18-25-36)33-19-26-38(27-20-33)47(37-11-5-4-6-12-37)39-28-21-34(22-29-39)35-23-30-44-42-15-8-7-13-40(42)41-14-9-10-16-43(41)45(44)31-35/h4-31H,1-3H3. The Hall–Kier alpha value is -5.66. The molecular weight excluding hydrogens is 567 g/mol. The topological polar surface area (TPSA) is 3.24 Å². The second-order valence-corrected chi connectivity index (χ2v) is 13.4. The molecule has 0 heterocycles. The van der Waals surface area contributed by atoms with Crippen LogP contribution in [0.4, 0.5) is 17.1 Å². The van der Waals surface area contributed by atoms with Gasteiger partial charge in [0.1, 0.15) is 0 Å². The third-order valence-electron chi connectivity index (χ3n) is 9.43. The lowest BCUT2D eigenvalue weighted by Crippen LogP contribution is -2.10. The fourth-order valence-electron chi connectivity index (χ4n) is 6.88. The maximum absolute atomic E-state index is 2.36. The van der Waals surface area contributed by atoms with E-state index in [1.807, 2.05) is 0 Å². The maximum Gasteiger partial charge on any atom is 0.0462 e. The predicted octanol–water partition coefficient (Wildman–Crippen LogP) is 13.2. The summed E-state index contributed by atoms with van der Waals surface area (Å²) in [7, 11) is 0. The number of anilines is 3. The zero-order chi connectivity index (χ0) is 32.0. The normalized spacial score (nSPS) is 11.7. The molecule has 0 fully saturated rings. The average Bonchev–Trinajstić information content (AvgIpc) is 3.12. The van der Waals surface area contributed by atoms with Crippen LogP contribution in [0.15, 0.2) is 170 Å². The molecule has 0 aromatic heterocycles. The zero-order valence-electron chi connectivity index (χ0n) is 27.1. The molecule has 8 aromatic carbocycles. The van der Waals surface area contributed by atoms with Gasteiger partial charge in [0.25, 0.3) is 0 Å². The minimum atomic E-state index is 0.145. The van der Waals surface area contributed by atoms with Crippen molar-refractivity contribution < 1.29 is 0 Å². The third-order valence-corrected chi connectivity index (χ3v) is 9.43. The summed E-state index contributed by atoms with van der Waals surface area (Å²) in [5, 5.41) is 7.79. The molecule has 0 saturated heterocycles. The molecule has 1 heteroatoms. The van der Waals surface area contributed by atoms with Crippen LogP contribution in [0.25, 0.3) is 54.6 Å². The first-order valence-corrected chi connectivity index (χ1v) is 16.4. The molecule has 0 amide bonds. The van der Waals surface area contributed by atoms with Crippen molar-refractivity contribution >= 4 is 49.4 Å². The van der Waals surface area contributed by atoms with E-state index in [9.17, 15) is 0 Å². The van der Waals surface area contributed by atoms with Crippen LogP contribution in [0.3, 0.4) is 0 Å². The molecule has 0 aliphatic heterocycles. The fourth-order valence-corrected chi connectivity index (χ4v) is 6.88. The van der Waals surface area contributed by atoms with Gasteiger partial charge in [0.15, 0.2) is 0 Å². The van der Waals surface area contributed by atoms with E-state index in [0.29, 0.717) is 0 Å². The van der Waals surface area contributed by atoms with Crippen LogP contribution in [0.2, 0.25) is 0 Å². The first-order valence-electron chi connectivity index (χ1n) is 16.4. The summed E-state index contributed by atoms with van der Waals surface area (Å²) >= 11 is 0. The number of rotatable bonds is 5. The summed E-state index contributed by atoms with van der Waals surface area (Å²) in [5.74, 6) is 0. The fraction of sp³-hybridized carbons (Fsp3) is 0.0870. The Morgan fingerprint density at radius 1 is 0.319 bits per heavy atom. The summed E-state index contributed by atoms with van der Waals surface area (Å²) in [5.41, 5.74) is 9.75. The maximum atomic E-state index is 2.36. The summed E-state index contributed by atoms with van der Waals surface area (Å²) < 4.78 is 0. The predicted molar refractivity (Wildman–Crippen MR) is 203 cm³/mol. The summed E-state index contributed by atoms with van der Waals surface area (Å²) in [6.45, 7) is 6.77. The number of hydrogen-bond donors (Lipinski definition) is 0. The first-order chi connectivity index (χ1) is 22.9. The number of fused-ring (bicyclic) bond motifs is 6. The van der Waals surface area contributed by atoms with Crippen molar-refractivity contribution in [3.05, 3.63) is 175 Å². The molecule has 8 rings (SSSR count). The van der Waals surface area contributed by atoms with E-state index in [0.717, 1.165) is 17.1 Å². The molecule has 0 bridgehead atoms. The minimum Gasteiger partial charge on any atom is -0.311 e. The van der Waals surface area contributed by atoms with Crippen molar-refractivity contribution in [2.24, 2.45) is 0 Å². The van der Waals surface area contributed by atoms with E-state index >= 15 is 0 Å². The Morgan fingerprint density at radius 2 is 0.681 bits per heavy atom. The van der Waals surface area contributed by atoms with Gasteiger partial charge in [-0.15, -0.1) is 0 Å². The van der Waals surface area contributed by atoms with E-state index in [1.165, 1.54) is 60.1 Å². The smallest absolute Gasteiger partial charge is 0.0462 e. The van der Waals surface area contributed by atoms with Crippen LogP contribution in [0, 0.1) is 0 Å². The number of hydrogen-bond acceptors (Lipinski definition) is 1. The molecule has 0 aliphatic carbocycles. The molecule has 0 radical (unpaired) electrons. The highest BCUT2D eigenvalue weighted by Gasteiger charge is 2.15. The average molecular weight is 604 g/mol. The number of para-hydroxylation sites is 1. The quantitative estimate of drug-likeness (QED) is 0.177. The molecule has 0 N–H and O–H groups in total. The second kappa shape index (κ2) is 11.6. The van der Waals surface area contributed by atoms with Crippen molar-refractivity contribution in [1.82, 2.24) is 0 Å². The molecule has 47 heavy (non-hydrogen) atoms. The van der Waals surface area contributed by atoms with E-state index in [1.54, 1.807) is 0 Å². The molecule has 0 saturated carbocycles. The van der Waals surface area contributed by atoms with Gasteiger partial charge >= 0.3 is 0 Å². The Balaban J connectivity index is 1.16. The minimum absolute atomic E-state index is 0.145. The zero-order valence-corrected chi connectivity index (χ0v) is 27.1. The second-order valence-electron chi connectivity index (χ2n) is 13.4. The van der Waals surface area contributed by atoms with Gasteiger partial charge in [0.05, 0.1) is 0 Å². The molecule has 1 nitrogen and oxygen atoms in total. The molecular formula is C46H37N. The van der Waals surface area contributed by atoms with Crippen molar-refractivity contribution in [1.29, 1.82) is 0 Å². The molecule has 0 spiro atoms. The Labute approximate surface area is 277 Å². The van der Waals surface area contributed by atoms with Crippen LogP contribution >= 0.6 is 0 Å². The lowest BCUT2D eigenvalue weighted by atomic mass is 9.86. The van der Waals surface area contributed by atoms with Gasteiger partial charge in [-0.25, -0.2) is 0 Å². The van der Waals surface area contributed by atoms with Crippen LogP contribution in [-0.4, -0.2) is 0 Å². The molecule has 226 valence electrons. The van der Waals surface area contributed by atoms with Gasteiger partial charge in [-0.1, -0.05) is 148 Å². The SMILES string of the molecule is CC(C)(C)c1ccc(-c2ccc(N(c3ccccc3)c3ccc(-c4ccc5c6ccccc6c6ccccc6c5c4)cc3)cc2)cc1. The first kappa shape index (κ1) is 28.8. The van der Waals surface area contributed by atoms with Crippen LogP contribution in [0.5, 0.6) is 0 Å². The number of nitrogens with zero attached hydrogens (tertiary/aromatic N) is 1. The Bertz CT molecular complexity index is 2310. The third kappa shape index (κ3) is 5.34. The van der Waals surface area contributed by atoms with Crippen molar-refractivity contribution in [3.63, 3.8) is 0 Å². The highest BCUT2D eigenvalue weighted by Crippen LogP contribution is 2.39. The largest absolute Gasteiger partial charge is 0.311 e. The van der Waals surface area contributed by atoms with E-state index < -0.39 is 0 Å². The van der Waals surface area contributed by atoms with Crippen LogP contribution in [-0.2, 0) is 5.41 Å². The van der Waals surface area contributed by atoms with E-state index in [2.05, 4.69) is 196 Å². The van der Waals surface area contributed by atoms with Gasteiger partial charge < -0.3 is 4.90 Å². The van der Waals surface area contributed by atoms with E-state index in [-0.39, 0.29) is 5.41 Å². The lowest BCUT2D eigenvalue weighted by molar-refractivity contribution is 0.590. The summed E-state index contributed by atoms with van der Waals surface area (Å²) in [6, 6.07) is 61.9. The molecule has 0 atom stereocenters. The highest BCUT2D eigenvalue weighted by molar-refractivity contribution is 6.25. The van der Waals surface area contributed by atoms with Gasteiger partial charge in [-0.3, -0.25) is 0 Å². The van der Waals surface area contributed by atoms with Gasteiger partial charge in [0, 0.05) is 17.1 Å². The van der Waals surface area contributed by atoms with Crippen LogP contribution < -0.4 is 4.90 Å². The number of benzene rings is 8. The Morgan fingerprint density at radius 3 is 1.17 bits per heavy atom. The summed E-state index contributed by atoms with van der Waals surface area (Å²) in [4.78, 5) is 2.33. The van der Waals surface area contributed by atoms with Crippen molar-refractivity contribution in [2.75, 3.05) is 4.90 Å². The van der Waals surface area contributed by atoms with Gasteiger partial charge in [0.2, 0.25) is 0 Å². The van der Waals surface area contributed by atoms with Crippen molar-refractivity contribution in [3.8, 4) is 22.3 Å². The molecule has 8 aromatic rings. The lowest BCUT2D eigenvalue weighted by Gasteiger charge is -2.26.